The standard InChI is InChI=1S/C20H18Cl2O2/c1-3-5-13-11-15(7-9-17(13)23)19(20(21)22)16-8-10-18(24)14(12-16)6-4-2/h3-4,7-12,23-24H,1-2,5-6H2. The molecule has 2 rings (SSSR count). The predicted octanol–water partition coefficient (Wildman–Crippen LogP) is 5.75. The van der Waals surface area contributed by atoms with Crippen LogP contribution < -0.4 is 0 Å². The Balaban J connectivity index is 2.58. The number of hydrogen-bond acceptors (Lipinski definition) is 2. The highest BCUT2D eigenvalue weighted by molar-refractivity contribution is 6.59. The van der Waals surface area contributed by atoms with Gasteiger partial charge in [0.1, 0.15) is 16.0 Å². The summed E-state index contributed by atoms with van der Waals surface area (Å²) in [7, 11) is 0. The second-order valence-corrected chi connectivity index (χ2v) is 6.26. The molecule has 0 unspecified atom stereocenters. The maximum Gasteiger partial charge on any atom is 0.119 e. The van der Waals surface area contributed by atoms with E-state index in [9.17, 15) is 10.2 Å². The average molecular weight is 361 g/mol. The largest absolute Gasteiger partial charge is 0.508 e. The van der Waals surface area contributed by atoms with Crippen molar-refractivity contribution in [3.63, 3.8) is 0 Å². The van der Waals surface area contributed by atoms with Gasteiger partial charge in [0.15, 0.2) is 0 Å². The Bertz CT molecular complexity index is 742. The number of rotatable bonds is 6. The number of phenolic OH excluding ortho intramolecular Hbond substituents is 2. The maximum atomic E-state index is 9.93. The van der Waals surface area contributed by atoms with Gasteiger partial charge in [-0.2, -0.15) is 0 Å². The third kappa shape index (κ3) is 4.02. The van der Waals surface area contributed by atoms with E-state index >= 15 is 0 Å². The van der Waals surface area contributed by atoms with Crippen molar-refractivity contribution in [1.82, 2.24) is 0 Å². The van der Waals surface area contributed by atoms with Crippen LogP contribution in [-0.2, 0) is 12.8 Å². The van der Waals surface area contributed by atoms with Gasteiger partial charge in [-0.25, -0.2) is 0 Å². The lowest BCUT2D eigenvalue weighted by atomic mass is 9.94. The van der Waals surface area contributed by atoms with Crippen LogP contribution in [0.25, 0.3) is 5.57 Å². The van der Waals surface area contributed by atoms with Crippen LogP contribution in [0.1, 0.15) is 22.3 Å². The molecule has 0 spiro atoms. The third-order valence-electron chi connectivity index (χ3n) is 3.65. The van der Waals surface area contributed by atoms with E-state index in [1.807, 2.05) is 12.1 Å². The highest BCUT2D eigenvalue weighted by atomic mass is 35.5. The van der Waals surface area contributed by atoms with Crippen molar-refractivity contribution in [2.75, 3.05) is 0 Å². The van der Waals surface area contributed by atoms with Crippen molar-refractivity contribution in [1.29, 1.82) is 0 Å². The van der Waals surface area contributed by atoms with Gasteiger partial charge in [0.25, 0.3) is 0 Å². The molecule has 124 valence electrons. The van der Waals surface area contributed by atoms with Gasteiger partial charge in [-0.15, -0.1) is 13.2 Å². The first-order chi connectivity index (χ1) is 11.5. The zero-order valence-electron chi connectivity index (χ0n) is 13.1. The van der Waals surface area contributed by atoms with E-state index in [1.165, 1.54) is 0 Å². The van der Waals surface area contributed by atoms with E-state index < -0.39 is 0 Å². The summed E-state index contributed by atoms with van der Waals surface area (Å²) >= 11 is 12.3. The Hall–Kier alpha value is -2.16. The average Bonchev–Trinajstić information content (AvgIpc) is 2.54. The summed E-state index contributed by atoms with van der Waals surface area (Å²) in [5, 5.41) is 19.9. The molecule has 0 radical (unpaired) electrons. The lowest BCUT2D eigenvalue weighted by molar-refractivity contribution is 0.469. The van der Waals surface area contributed by atoms with Crippen molar-refractivity contribution in [2.45, 2.75) is 12.8 Å². The molecule has 24 heavy (non-hydrogen) atoms. The van der Waals surface area contributed by atoms with Crippen LogP contribution in [0.3, 0.4) is 0 Å². The van der Waals surface area contributed by atoms with Crippen LogP contribution in [0.5, 0.6) is 11.5 Å². The Morgan fingerprint density at radius 2 is 1.25 bits per heavy atom. The van der Waals surface area contributed by atoms with Gasteiger partial charge in [0.2, 0.25) is 0 Å². The second kappa shape index (κ2) is 8.09. The van der Waals surface area contributed by atoms with Crippen LogP contribution in [-0.4, -0.2) is 10.2 Å². The molecule has 0 fully saturated rings. The normalized spacial score (nSPS) is 10.2. The van der Waals surface area contributed by atoms with Crippen LogP contribution >= 0.6 is 23.2 Å². The van der Waals surface area contributed by atoms with Gasteiger partial charge in [0, 0.05) is 5.57 Å². The number of hydrogen-bond donors (Lipinski definition) is 2. The number of allylic oxidation sites excluding steroid dienone is 2. The monoisotopic (exact) mass is 360 g/mol. The molecule has 0 atom stereocenters. The molecular formula is C20H18Cl2O2. The van der Waals surface area contributed by atoms with E-state index in [2.05, 4.69) is 13.2 Å². The lowest BCUT2D eigenvalue weighted by Gasteiger charge is -2.13. The summed E-state index contributed by atoms with van der Waals surface area (Å²) in [4.78, 5) is 0. The first-order valence-corrected chi connectivity index (χ1v) is 8.15. The predicted molar refractivity (Wildman–Crippen MR) is 102 cm³/mol. The van der Waals surface area contributed by atoms with Crippen molar-refractivity contribution in [2.24, 2.45) is 0 Å². The molecule has 0 heterocycles. The molecule has 0 aliphatic heterocycles. The zero-order chi connectivity index (χ0) is 17.7. The van der Waals surface area contributed by atoms with E-state index in [-0.39, 0.29) is 16.0 Å². The topological polar surface area (TPSA) is 40.5 Å². The summed E-state index contributed by atoms with van der Waals surface area (Å²) in [5.74, 6) is 0.392. The Kier molecular flexibility index (Phi) is 6.13. The second-order valence-electron chi connectivity index (χ2n) is 5.31. The highest BCUT2D eigenvalue weighted by Gasteiger charge is 2.13. The molecule has 0 aliphatic carbocycles. The number of aromatic hydroxyl groups is 2. The molecule has 0 aromatic heterocycles. The molecule has 2 aromatic rings. The summed E-state index contributed by atoms with van der Waals surface area (Å²) in [6.07, 6.45) is 4.49. The molecule has 0 saturated heterocycles. The van der Waals surface area contributed by atoms with Gasteiger partial charge in [-0.05, 0) is 59.4 Å². The molecule has 0 saturated carbocycles. The molecule has 2 N–H and O–H groups in total. The minimum absolute atomic E-state index is 0.112. The SMILES string of the molecule is C=CCc1cc(C(=C(Cl)Cl)c2ccc(O)c(CC=C)c2)ccc1O. The van der Waals surface area contributed by atoms with Crippen molar-refractivity contribution < 1.29 is 10.2 Å². The lowest BCUT2D eigenvalue weighted by Crippen LogP contribution is -1.94. The van der Waals surface area contributed by atoms with Crippen molar-refractivity contribution >= 4 is 28.8 Å². The fourth-order valence-electron chi connectivity index (χ4n) is 2.50. The molecule has 4 heteroatoms. The molecule has 0 aliphatic rings. The van der Waals surface area contributed by atoms with Gasteiger partial charge < -0.3 is 10.2 Å². The summed E-state index contributed by atoms with van der Waals surface area (Å²) in [6, 6.07) is 10.4. The quantitative estimate of drug-likeness (QED) is 0.643. The number of benzene rings is 2. The van der Waals surface area contributed by atoms with Gasteiger partial charge in [0.05, 0.1) is 0 Å². The maximum absolute atomic E-state index is 9.93. The summed E-state index contributed by atoms with van der Waals surface area (Å²) in [5.41, 5.74) is 3.66. The molecule has 2 nitrogen and oxygen atoms in total. The van der Waals surface area contributed by atoms with E-state index in [0.29, 0.717) is 18.4 Å². The number of halogens is 2. The highest BCUT2D eigenvalue weighted by Crippen LogP contribution is 2.35. The minimum Gasteiger partial charge on any atom is -0.508 e. The molecule has 0 bridgehead atoms. The van der Waals surface area contributed by atoms with Crippen LogP contribution in [0.4, 0.5) is 0 Å². The summed E-state index contributed by atoms with van der Waals surface area (Å²) < 4.78 is 0.112. The van der Waals surface area contributed by atoms with E-state index in [1.54, 1.807) is 36.4 Å². The fraction of sp³-hybridized carbons (Fsp3) is 0.100. The van der Waals surface area contributed by atoms with Crippen LogP contribution in [0.15, 0.2) is 66.2 Å². The van der Waals surface area contributed by atoms with Gasteiger partial charge in [-0.1, -0.05) is 47.5 Å². The first-order valence-electron chi connectivity index (χ1n) is 7.39. The van der Waals surface area contributed by atoms with E-state index in [4.69, 9.17) is 23.2 Å². The van der Waals surface area contributed by atoms with E-state index in [0.717, 1.165) is 22.3 Å². The third-order valence-corrected chi connectivity index (χ3v) is 4.03. The fourth-order valence-corrected chi connectivity index (χ4v) is 2.94. The van der Waals surface area contributed by atoms with Crippen molar-refractivity contribution in [3.8, 4) is 11.5 Å². The van der Waals surface area contributed by atoms with Crippen LogP contribution in [0.2, 0.25) is 0 Å². The van der Waals surface area contributed by atoms with Gasteiger partial charge >= 0.3 is 0 Å². The van der Waals surface area contributed by atoms with Crippen molar-refractivity contribution in [3.05, 3.63) is 88.5 Å². The Labute approximate surface area is 152 Å². The van der Waals surface area contributed by atoms with Crippen LogP contribution in [0, 0.1) is 0 Å². The smallest absolute Gasteiger partial charge is 0.119 e. The first kappa shape index (κ1) is 18.2. The minimum atomic E-state index is 0.112. The zero-order valence-corrected chi connectivity index (χ0v) is 14.6. The van der Waals surface area contributed by atoms with Gasteiger partial charge in [-0.3, -0.25) is 0 Å². The Morgan fingerprint density at radius 3 is 1.58 bits per heavy atom. The Morgan fingerprint density at radius 1 is 0.833 bits per heavy atom. The summed E-state index contributed by atoms with van der Waals surface area (Å²) in [6.45, 7) is 7.39. The molecule has 2 aromatic carbocycles. The molecular weight excluding hydrogens is 343 g/mol. The number of phenols is 2. The molecule has 0 amide bonds.